The molecule has 39 heavy (non-hydrogen) atoms. The quantitative estimate of drug-likeness (QED) is 0.234. The number of rotatable bonds is 3. The lowest BCUT2D eigenvalue weighted by molar-refractivity contribution is 0.777. The predicted octanol–water partition coefficient (Wildman–Crippen LogP) is 9.73. The monoisotopic (exact) mass is 499 g/mol. The highest BCUT2D eigenvalue weighted by molar-refractivity contribution is 5.98. The fourth-order valence-corrected chi connectivity index (χ4v) is 7.37. The molecule has 0 unspecified atom stereocenters. The molecule has 0 amide bonds. The third kappa shape index (κ3) is 2.90. The van der Waals surface area contributed by atoms with Crippen molar-refractivity contribution in [2.45, 2.75) is 25.3 Å². The zero-order valence-corrected chi connectivity index (χ0v) is 22.2. The summed E-state index contributed by atoms with van der Waals surface area (Å²) >= 11 is 0. The standard InChI is InChI=1S/C38H29N/c1-25(2)39(37-21-11-13-26-12-3-4-14-28(26)37)27-22-23-32-31-17-7-10-20-35(31)38(36(32)24-27)33-18-8-5-15-29(33)30-16-6-9-19-34(30)38/h3-25H,1-2H3. The molecule has 0 bridgehead atoms. The van der Waals surface area contributed by atoms with Crippen LogP contribution in [0.1, 0.15) is 36.1 Å². The topological polar surface area (TPSA) is 3.24 Å². The van der Waals surface area contributed by atoms with Crippen LogP contribution in [-0.2, 0) is 5.41 Å². The minimum Gasteiger partial charge on any atom is -0.338 e. The van der Waals surface area contributed by atoms with Gasteiger partial charge in [-0.05, 0) is 81.9 Å². The van der Waals surface area contributed by atoms with E-state index in [4.69, 9.17) is 0 Å². The highest BCUT2D eigenvalue weighted by Crippen LogP contribution is 2.63. The van der Waals surface area contributed by atoms with E-state index < -0.39 is 0 Å². The van der Waals surface area contributed by atoms with Crippen molar-refractivity contribution in [3.63, 3.8) is 0 Å². The average molecular weight is 500 g/mol. The van der Waals surface area contributed by atoms with Crippen LogP contribution in [0.25, 0.3) is 33.0 Å². The maximum absolute atomic E-state index is 2.51. The zero-order valence-electron chi connectivity index (χ0n) is 22.2. The zero-order chi connectivity index (χ0) is 26.1. The average Bonchev–Trinajstić information content (AvgIpc) is 3.44. The van der Waals surface area contributed by atoms with Gasteiger partial charge in [-0.3, -0.25) is 0 Å². The van der Waals surface area contributed by atoms with Crippen molar-refractivity contribution >= 4 is 22.1 Å². The van der Waals surface area contributed by atoms with E-state index in [0.717, 1.165) is 0 Å². The lowest BCUT2D eigenvalue weighted by atomic mass is 9.70. The molecule has 8 rings (SSSR count). The molecule has 1 heteroatoms. The largest absolute Gasteiger partial charge is 0.338 e. The Morgan fingerprint density at radius 1 is 0.487 bits per heavy atom. The Kier molecular flexibility index (Phi) is 4.70. The minimum absolute atomic E-state index is 0.289. The van der Waals surface area contributed by atoms with Gasteiger partial charge in [0.1, 0.15) is 0 Å². The van der Waals surface area contributed by atoms with Crippen molar-refractivity contribution in [1.29, 1.82) is 0 Å². The lowest BCUT2D eigenvalue weighted by Gasteiger charge is -2.34. The first kappa shape index (κ1) is 22.4. The summed E-state index contributed by atoms with van der Waals surface area (Å²) in [6, 6.07) is 49.9. The molecule has 2 aliphatic rings. The molecule has 6 aromatic carbocycles. The van der Waals surface area contributed by atoms with Crippen LogP contribution in [0.5, 0.6) is 0 Å². The van der Waals surface area contributed by atoms with Gasteiger partial charge in [0.25, 0.3) is 0 Å². The number of benzene rings is 6. The highest BCUT2D eigenvalue weighted by Gasteiger charge is 2.51. The number of hydrogen-bond acceptors (Lipinski definition) is 1. The van der Waals surface area contributed by atoms with Gasteiger partial charge >= 0.3 is 0 Å². The Morgan fingerprint density at radius 2 is 1.00 bits per heavy atom. The third-order valence-electron chi connectivity index (χ3n) is 8.80. The lowest BCUT2D eigenvalue weighted by Crippen LogP contribution is -2.28. The van der Waals surface area contributed by atoms with Crippen LogP contribution in [0.2, 0.25) is 0 Å². The van der Waals surface area contributed by atoms with Gasteiger partial charge in [-0.25, -0.2) is 0 Å². The van der Waals surface area contributed by atoms with E-state index in [1.165, 1.54) is 66.7 Å². The fraction of sp³-hybridized carbons (Fsp3) is 0.105. The summed E-state index contributed by atoms with van der Waals surface area (Å²) in [4.78, 5) is 2.51. The van der Waals surface area contributed by atoms with Crippen molar-refractivity contribution < 1.29 is 0 Å². The molecule has 0 saturated carbocycles. The van der Waals surface area contributed by atoms with Crippen LogP contribution in [0, 0.1) is 0 Å². The van der Waals surface area contributed by atoms with Gasteiger partial charge in [0.2, 0.25) is 0 Å². The molecule has 0 heterocycles. The summed E-state index contributed by atoms with van der Waals surface area (Å²) in [7, 11) is 0. The number of anilines is 2. The van der Waals surface area contributed by atoms with Crippen LogP contribution in [0.4, 0.5) is 11.4 Å². The second-order valence-electron chi connectivity index (χ2n) is 11.1. The Bertz CT molecular complexity index is 1840. The summed E-state index contributed by atoms with van der Waals surface area (Å²) in [6.45, 7) is 4.58. The van der Waals surface area contributed by atoms with Crippen LogP contribution in [0.15, 0.2) is 133 Å². The SMILES string of the molecule is CC(C)N(c1ccc2c(c1)C1(c3ccccc3-c3ccccc31)c1ccccc1-2)c1cccc2ccccc12. The summed E-state index contributed by atoms with van der Waals surface area (Å²) < 4.78 is 0. The molecule has 1 nitrogen and oxygen atoms in total. The van der Waals surface area contributed by atoms with Gasteiger partial charge in [-0.1, -0.05) is 115 Å². The van der Waals surface area contributed by atoms with Crippen molar-refractivity contribution in [2.24, 2.45) is 0 Å². The van der Waals surface area contributed by atoms with E-state index in [2.05, 4.69) is 152 Å². The van der Waals surface area contributed by atoms with Crippen LogP contribution < -0.4 is 4.90 Å². The van der Waals surface area contributed by atoms with Gasteiger partial charge in [0.05, 0.1) is 5.41 Å². The summed E-state index contributed by atoms with van der Waals surface area (Å²) in [5.41, 5.74) is 13.1. The highest BCUT2D eigenvalue weighted by atomic mass is 15.2. The van der Waals surface area contributed by atoms with E-state index >= 15 is 0 Å². The number of nitrogens with zero attached hydrogens (tertiary/aromatic N) is 1. The van der Waals surface area contributed by atoms with E-state index in [9.17, 15) is 0 Å². The van der Waals surface area contributed by atoms with Crippen molar-refractivity contribution in [3.8, 4) is 22.3 Å². The maximum atomic E-state index is 2.51. The first-order chi connectivity index (χ1) is 19.2. The van der Waals surface area contributed by atoms with E-state index in [1.54, 1.807) is 0 Å². The van der Waals surface area contributed by atoms with E-state index in [1.807, 2.05) is 0 Å². The Balaban J connectivity index is 1.44. The van der Waals surface area contributed by atoms with Gasteiger partial charge in [-0.2, -0.15) is 0 Å². The van der Waals surface area contributed by atoms with Crippen LogP contribution >= 0.6 is 0 Å². The van der Waals surface area contributed by atoms with Gasteiger partial charge in [0.15, 0.2) is 0 Å². The molecule has 0 radical (unpaired) electrons. The van der Waals surface area contributed by atoms with Gasteiger partial charge in [-0.15, -0.1) is 0 Å². The second-order valence-corrected chi connectivity index (χ2v) is 11.1. The number of hydrogen-bond donors (Lipinski definition) is 0. The summed E-state index contributed by atoms with van der Waals surface area (Å²) in [5.74, 6) is 0. The molecule has 0 fully saturated rings. The molecule has 0 aliphatic heterocycles. The molecule has 0 aromatic heterocycles. The third-order valence-corrected chi connectivity index (χ3v) is 8.80. The normalized spacial score (nSPS) is 13.8. The van der Waals surface area contributed by atoms with E-state index in [-0.39, 0.29) is 11.5 Å². The van der Waals surface area contributed by atoms with Crippen molar-refractivity contribution in [1.82, 2.24) is 0 Å². The first-order valence-corrected chi connectivity index (χ1v) is 13.9. The molecular weight excluding hydrogens is 470 g/mol. The molecule has 0 saturated heterocycles. The molecule has 0 atom stereocenters. The molecule has 2 aliphatic carbocycles. The molecular formula is C38H29N. The molecule has 186 valence electrons. The van der Waals surface area contributed by atoms with E-state index in [0.29, 0.717) is 0 Å². The van der Waals surface area contributed by atoms with Crippen molar-refractivity contribution in [3.05, 3.63) is 156 Å². The fourth-order valence-electron chi connectivity index (χ4n) is 7.37. The molecule has 0 N–H and O–H groups in total. The molecule has 1 spiro atoms. The molecule has 6 aromatic rings. The van der Waals surface area contributed by atoms with Crippen LogP contribution in [-0.4, -0.2) is 6.04 Å². The predicted molar refractivity (Wildman–Crippen MR) is 164 cm³/mol. The minimum atomic E-state index is -0.323. The Morgan fingerprint density at radius 3 is 1.62 bits per heavy atom. The number of fused-ring (bicyclic) bond motifs is 11. The maximum Gasteiger partial charge on any atom is 0.0726 e. The van der Waals surface area contributed by atoms with Gasteiger partial charge < -0.3 is 4.90 Å². The van der Waals surface area contributed by atoms with Crippen molar-refractivity contribution in [2.75, 3.05) is 4.90 Å². The van der Waals surface area contributed by atoms with Crippen LogP contribution in [0.3, 0.4) is 0 Å². The second kappa shape index (κ2) is 8.19. The first-order valence-electron chi connectivity index (χ1n) is 13.9. The van der Waals surface area contributed by atoms with Gasteiger partial charge in [0, 0.05) is 22.8 Å². The Labute approximate surface area is 230 Å². The Hall–Kier alpha value is -4.62. The smallest absolute Gasteiger partial charge is 0.0726 e. The summed E-state index contributed by atoms with van der Waals surface area (Å²) in [5, 5.41) is 2.55. The summed E-state index contributed by atoms with van der Waals surface area (Å²) in [6.07, 6.45) is 0.